The van der Waals surface area contributed by atoms with E-state index < -0.39 is 21.8 Å². The Morgan fingerprint density at radius 2 is 1.62 bits per heavy atom. The van der Waals surface area contributed by atoms with Crippen LogP contribution in [0.15, 0.2) is 53.4 Å². The topological polar surface area (TPSA) is 69.7 Å². The number of nitrogens with one attached hydrogen (secondary N) is 1. The number of halogens is 3. The predicted molar refractivity (Wildman–Crippen MR) is 103 cm³/mol. The summed E-state index contributed by atoms with van der Waals surface area (Å²) in [5.41, 5.74) is 0.173. The highest BCUT2D eigenvalue weighted by atomic mass is 32.2. The minimum atomic E-state index is -4.43. The van der Waals surface area contributed by atoms with Crippen molar-refractivity contribution in [2.75, 3.05) is 36.4 Å². The maximum Gasteiger partial charge on any atom is 0.416 e. The van der Waals surface area contributed by atoms with Gasteiger partial charge in [0.2, 0.25) is 15.9 Å². The van der Waals surface area contributed by atoms with Gasteiger partial charge in [0.1, 0.15) is 0 Å². The molecular formula is C19H20F3N3O3S. The van der Waals surface area contributed by atoms with Crippen molar-refractivity contribution in [2.45, 2.75) is 18.0 Å². The summed E-state index contributed by atoms with van der Waals surface area (Å²) in [5, 5.41) is 2.57. The number of nitrogens with zero attached hydrogens (tertiary/aromatic N) is 2. The molecule has 1 aliphatic heterocycles. The van der Waals surface area contributed by atoms with E-state index >= 15 is 0 Å². The lowest BCUT2D eigenvalue weighted by Crippen LogP contribution is -2.48. The van der Waals surface area contributed by atoms with Crippen LogP contribution in [0.2, 0.25) is 0 Å². The molecule has 29 heavy (non-hydrogen) atoms. The Morgan fingerprint density at radius 3 is 2.17 bits per heavy atom. The van der Waals surface area contributed by atoms with Crippen molar-refractivity contribution in [1.82, 2.24) is 4.31 Å². The minimum absolute atomic E-state index is 0.0964. The van der Waals surface area contributed by atoms with Crippen molar-refractivity contribution in [3.63, 3.8) is 0 Å². The summed E-state index contributed by atoms with van der Waals surface area (Å²) < 4.78 is 65.7. The Bertz CT molecular complexity index is 984. The summed E-state index contributed by atoms with van der Waals surface area (Å²) >= 11 is 0. The van der Waals surface area contributed by atoms with Gasteiger partial charge < -0.3 is 10.2 Å². The molecule has 0 spiro atoms. The van der Waals surface area contributed by atoms with E-state index in [2.05, 4.69) is 5.32 Å². The lowest BCUT2D eigenvalue weighted by Gasteiger charge is -2.35. The highest BCUT2D eigenvalue weighted by Crippen LogP contribution is 2.32. The molecule has 2 aromatic carbocycles. The van der Waals surface area contributed by atoms with Gasteiger partial charge in [-0.3, -0.25) is 4.79 Å². The molecule has 1 saturated heterocycles. The van der Waals surface area contributed by atoms with Crippen LogP contribution in [-0.4, -0.2) is 44.8 Å². The van der Waals surface area contributed by atoms with E-state index in [1.165, 1.54) is 41.6 Å². The molecule has 0 aliphatic carbocycles. The van der Waals surface area contributed by atoms with Gasteiger partial charge in [-0.25, -0.2) is 8.42 Å². The monoisotopic (exact) mass is 427 g/mol. The van der Waals surface area contributed by atoms with Gasteiger partial charge in [0.15, 0.2) is 0 Å². The number of hydrogen-bond donors (Lipinski definition) is 1. The fourth-order valence-electron chi connectivity index (χ4n) is 3.13. The Hall–Kier alpha value is -2.59. The van der Waals surface area contributed by atoms with Gasteiger partial charge in [-0.1, -0.05) is 6.07 Å². The first-order chi connectivity index (χ1) is 13.6. The average molecular weight is 427 g/mol. The van der Waals surface area contributed by atoms with Crippen LogP contribution < -0.4 is 10.2 Å². The number of hydrogen-bond acceptors (Lipinski definition) is 4. The van der Waals surface area contributed by atoms with Crippen LogP contribution >= 0.6 is 0 Å². The number of rotatable bonds is 4. The molecule has 6 nitrogen and oxygen atoms in total. The van der Waals surface area contributed by atoms with Crippen molar-refractivity contribution in [2.24, 2.45) is 0 Å². The third-order valence-corrected chi connectivity index (χ3v) is 6.50. The molecule has 0 atom stereocenters. The zero-order valence-electron chi connectivity index (χ0n) is 15.6. The van der Waals surface area contributed by atoms with E-state index in [1.54, 1.807) is 11.0 Å². The molecule has 0 aromatic heterocycles. The lowest BCUT2D eigenvalue weighted by molar-refractivity contribution is -0.137. The molecule has 1 fully saturated rings. The van der Waals surface area contributed by atoms with Crippen LogP contribution in [0.3, 0.4) is 0 Å². The molecule has 1 amide bonds. The van der Waals surface area contributed by atoms with Crippen molar-refractivity contribution in [1.29, 1.82) is 0 Å². The molecule has 0 unspecified atom stereocenters. The second kappa shape index (κ2) is 8.03. The summed E-state index contributed by atoms with van der Waals surface area (Å²) in [5.74, 6) is -0.258. The molecular weight excluding hydrogens is 407 g/mol. The Kier molecular flexibility index (Phi) is 5.85. The molecule has 0 saturated carbocycles. The highest BCUT2D eigenvalue weighted by Gasteiger charge is 2.32. The third kappa shape index (κ3) is 4.88. The smallest absolute Gasteiger partial charge is 0.369 e. The van der Waals surface area contributed by atoms with Gasteiger partial charge in [0, 0.05) is 44.5 Å². The first-order valence-corrected chi connectivity index (χ1v) is 10.3. The fourth-order valence-corrected chi connectivity index (χ4v) is 4.55. The molecule has 1 N–H and O–H groups in total. The van der Waals surface area contributed by atoms with Crippen molar-refractivity contribution < 1.29 is 26.4 Å². The van der Waals surface area contributed by atoms with E-state index in [0.29, 0.717) is 11.4 Å². The van der Waals surface area contributed by atoms with Crippen molar-refractivity contribution in [3.05, 3.63) is 54.1 Å². The zero-order chi connectivity index (χ0) is 21.2. The number of carbonyl (C=O) groups excluding carboxylic acids is 1. The largest absolute Gasteiger partial charge is 0.416 e. The number of carbonyl (C=O) groups is 1. The Balaban J connectivity index is 1.69. The van der Waals surface area contributed by atoms with E-state index in [0.717, 1.165) is 12.1 Å². The zero-order valence-corrected chi connectivity index (χ0v) is 16.4. The van der Waals surface area contributed by atoms with Gasteiger partial charge in [0.05, 0.1) is 10.5 Å². The maximum absolute atomic E-state index is 12.9. The number of alkyl halides is 3. The average Bonchev–Trinajstić information content (AvgIpc) is 2.67. The Morgan fingerprint density at radius 1 is 1.00 bits per heavy atom. The molecule has 2 aromatic rings. The van der Waals surface area contributed by atoms with Gasteiger partial charge in [0.25, 0.3) is 0 Å². The first kappa shape index (κ1) is 21.1. The van der Waals surface area contributed by atoms with Crippen LogP contribution in [0.25, 0.3) is 0 Å². The van der Waals surface area contributed by atoms with E-state index in [1.807, 2.05) is 0 Å². The minimum Gasteiger partial charge on any atom is -0.369 e. The summed E-state index contributed by atoms with van der Waals surface area (Å²) in [6.45, 7) is 2.24. The SMILES string of the molecule is CC(=O)Nc1ccc(S(=O)(=O)N2CCN(c3cccc(C(F)(F)F)c3)CC2)cc1. The van der Waals surface area contributed by atoms with Gasteiger partial charge in [-0.2, -0.15) is 17.5 Å². The van der Waals surface area contributed by atoms with Gasteiger partial charge in [-0.15, -0.1) is 0 Å². The van der Waals surface area contributed by atoms with E-state index in [9.17, 15) is 26.4 Å². The molecule has 10 heteroatoms. The maximum atomic E-state index is 12.9. The lowest BCUT2D eigenvalue weighted by atomic mass is 10.1. The van der Waals surface area contributed by atoms with Crippen LogP contribution in [0, 0.1) is 0 Å². The number of piperazine rings is 1. The summed E-state index contributed by atoms with van der Waals surface area (Å²) in [6, 6.07) is 10.9. The Labute approximate surface area is 167 Å². The summed E-state index contributed by atoms with van der Waals surface area (Å²) in [7, 11) is -3.73. The standard InChI is InChI=1S/C19H20F3N3O3S/c1-14(26)23-16-5-7-18(8-6-16)29(27,28)25-11-9-24(10-12-25)17-4-2-3-15(13-17)19(20,21)22/h2-8,13H,9-12H2,1H3,(H,23,26). The van der Waals surface area contributed by atoms with Crippen LogP contribution in [0.1, 0.15) is 12.5 Å². The molecule has 0 radical (unpaired) electrons. The number of benzene rings is 2. The van der Waals surface area contributed by atoms with Gasteiger partial charge >= 0.3 is 6.18 Å². The quantitative estimate of drug-likeness (QED) is 0.814. The van der Waals surface area contributed by atoms with Crippen LogP contribution in [-0.2, 0) is 21.0 Å². The molecule has 0 bridgehead atoms. The fraction of sp³-hybridized carbons (Fsp3) is 0.316. The van der Waals surface area contributed by atoms with Crippen molar-refractivity contribution in [3.8, 4) is 0 Å². The van der Waals surface area contributed by atoms with Gasteiger partial charge in [-0.05, 0) is 42.5 Å². The molecule has 156 valence electrons. The first-order valence-electron chi connectivity index (χ1n) is 8.87. The summed E-state index contributed by atoms with van der Waals surface area (Å²) in [4.78, 5) is 12.9. The van der Waals surface area contributed by atoms with E-state index in [-0.39, 0.29) is 37.0 Å². The number of amides is 1. The van der Waals surface area contributed by atoms with Crippen LogP contribution in [0.5, 0.6) is 0 Å². The predicted octanol–water partition coefficient (Wildman–Crippen LogP) is 3.17. The molecule has 1 heterocycles. The molecule has 1 aliphatic rings. The summed E-state index contributed by atoms with van der Waals surface area (Å²) in [6.07, 6.45) is -4.43. The number of sulfonamides is 1. The van der Waals surface area contributed by atoms with Crippen molar-refractivity contribution >= 4 is 27.3 Å². The highest BCUT2D eigenvalue weighted by molar-refractivity contribution is 7.89. The normalized spacial score (nSPS) is 15.9. The third-order valence-electron chi connectivity index (χ3n) is 4.59. The number of anilines is 2. The molecule has 3 rings (SSSR count). The second-order valence-electron chi connectivity index (χ2n) is 6.64. The van der Waals surface area contributed by atoms with Crippen LogP contribution in [0.4, 0.5) is 24.5 Å². The van der Waals surface area contributed by atoms with E-state index in [4.69, 9.17) is 0 Å². The second-order valence-corrected chi connectivity index (χ2v) is 8.58.